The molecule has 2 N–H and O–H groups in total. The maximum absolute atomic E-state index is 11.8. The molecular formula is C13H17N5O. The summed E-state index contributed by atoms with van der Waals surface area (Å²) in [5, 5.41) is 8.73. The standard InChI is InChI=1S/C13H17N5O/c1-10(15)13(19)18-6-4-17(5-7-18)12-3-2-11(8-14)9-16-12/h2-3,9-10H,4-7,15H2,1H3/t10-/m0/s1. The molecule has 1 atom stereocenters. The Morgan fingerprint density at radius 2 is 2.11 bits per heavy atom. The van der Waals surface area contributed by atoms with E-state index in [4.69, 9.17) is 11.0 Å². The molecule has 1 aliphatic rings. The van der Waals surface area contributed by atoms with Crippen LogP contribution in [0.5, 0.6) is 0 Å². The molecule has 2 heterocycles. The van der Waals surface area contributed by atoms with E-state index in [9.17, 15) is 4.79 Å². The predicted octanol–water partition coefficient (Wildman–Crippen LogP) is -0.0509. The van der Waals surface area contributed by atoms with Crippen molar-refractivity contribution in [2.75, 3.05) is 31.1 Å². The molecule has 1 saturated heterocycles. The van der Waals surface area contributed by atoms with Crippen molar-refractivity contribution in [1.29, 1.82) is 5.26 Å². The number of nitrogens with zero attached hydrogens (tertiary/aromatic N) is 4. The second kappa shape index (κ2) is 5.67. The number of nitriles is 1. The Morgan fingerprint density at radius 3 is 2.58 bits per heavy atom. The van der Waals surface area contributed by atoms with Gasteiger partial charge in [-0.2, -0.15) is 5.26 Å². The summed E-state index contributed by atoms with van der Waals surface area (Å²) >= 11 is 0. The Balaban J connectivity index is 1.96. The van der Waals surface area contributed by atoms with Crippen molar-refractivity contribution in [3.8, 4) is 6.07 Å². The molecule has 100 valence electrons. The van der Waals surface area contributed by atoms with Crippen molar-refractivity contribution < 1.29 is 4.79 Å². The SMILES string of the molecule is C[C@H](N)C(=O)N1CCN(c2ccc(C#N)cn2)CC1. The number of amides is 1. The highest BCUT2D eigenvalue weighted by atomic mass is 16.2. The summed E-state index contributed by atoms with van der Waals surface area (Å²) < 4.78 is 0. The third kappa shape index (κ3) is 3.01. The first-order valence-corrected chi connectivity index (χ1v) is 6.27. The summed E-state index contributed by atoms with van der Waals surface area (Å²) in [6, 6.07) is 5.19. The van der Waals surface area contributed by atoms with Gasteiger partial charge in [-0.25, -0.2) is 4.98 Å². The largest absolute Gasteiger partial charge is 0.353 e. The van der Waals surface area contributed by atoms with E-state index in [-0.39, 0.29) is 5.91 Å². The number of nitrogens with two attached hydrogens (primary N) is 1. The van der Waals surface area contributed by atoms with Gasteiger partial charge in [-0.1, -0.05) is 0 Å². The molecule has 0 spiro atoms. The van der Waals surface area contributed by atoms with Crippen LogP contribution in [0.15, 0.2) is 18.3 Å². The van der Waals surface area contributed by atoms with Crippen molar-refractivity contribution in [2.45, 2.75) is 13.0 Å². The van der Waals surface area contributed by atoms with Crippen LogP contribution in [0.4, 0.5) is 5.82 Å². The smallest absolute Gasteiger partial charge is 0.239 e. The minimum Gasteiger partial charge on any atom is -0.353 e. The molecule has 0 aliphatic carbocycles. The van der Waals surface area contributed by atoms with Crippen LogP contribution in [0.2, 0.25) is 0 Å². The Kier molecular flexibility index (Phi) is 3.97. The lowest BCUT2D eigenvalue weighted by Crippen LogP contribution is -2.52. The molecule has 2 rings (SSSR count). The molecule has 1 fully saturated rings. The van der Waals surface area contributed by atoms with E-state index >= 15 is 0 Å². The van der Waals surface area contributed by atoms with Crippen LogP contribution in [-0.4, -0.2) is 48.0 Å². The summed E-state index contributed by atoms with van der Waals surface area (Å²) in [5.74, 6) is 0.833. The van der Waals surface area contributed by atoms with Crippen LogP contribution in [-0.2, 0) is 4.79 Å². The summed E-state index contributed by atoms with van der Waals surface area (Å²) in [4.78, 5) is 19.9. The summed E-state index contributed by atoms with van der Waals surface area (Å²) in [6.07, 6.45) is 1.56. The molecule has 0 radical (unpaired) electrons. The molecule has 19 heavy (non-hydrogen) atoms. The number of rotatable bonds is 2. The van der Waals surface area contributed by atoms with Crippen LogP contribution < -0.4 is 10.6 Å². The quantitative estimate of drug-likeness (QED) is 0.804. The third-order valence-electron chi connectivity index (χ3n) is 3.18. The maximum atomic E-state index is 11.8. The zero-order chi connectivity index (χ0) is 13.8. The zero-order valence-corrected chi connectivity index (χ0v) is 10.9. The van der Waals surface area contributed by atoms with Crippen molar-refractivity contribution in [3.05, 3.63) is 23.9 Å². The van der Waals surface area contributed by atoms with Gasteiger partial charge in [0.1, 0.15) is 11.9 Å². The van der Waals surface area contributed by atoms with E-state index in [1.165, 1.54) is 0 Å². The highest BCUT2D eigenvalue weighted by Crippen LogP contribution is 2.14. The zero-order valence-electron chi connectivity index (χ0n) is 10.9. The van der Waals surface area contributed by atoms with Crippen LogP contribution >= 0.6 is 0 Å². The minimum absolute atomic E-state index is 0.00700. The van der Waals surface area contributed by atoms with E-state index in [0.717, 1.165) is 18.9 Å². The van der Waals surface area contributed by atoms with Gasteiger partial charge in [0, 0.05) is 32.4 Å². The molecule has 0 aromatic carbocycles. The molecule has 6 heteroatoms. The Morgan fingerprint density at radius 1 is 1.42 bits per heavy atom. The number of pyridine rings is 1. The summed E-state index contributed by atoms with van der Waals surface area (Å²) in [7, 11) is 0. The van der Waals surface area contributed by atoms with E-state index in [1.807, 2.05) is 12.1 Å². The molecule has 0 bridgehead atoms. The van der Waals surface area contributed by atoms with Gasteiger partial charge < -0.3 is 15.5 Å². The fourth-order valence-electron chi connectivity index (χ4n) is 2.08. The number of carbonyl (C=O) groups is 1. The molecule has 6 nitrogen and oxygen atoms in total. The number of piperazine rings is 1. The van der Waals surface area contributed by atoms with Gasteiger partial charge in [0.2, 0.25) is 5.91 Å². The number of aromatic nitrogens is 1. The highest BCUT2D eigenvalue weighted by Gasteiger charge is 2.23. The van der Waals surface area contributed by atoms with Gasteiger partial charge in [-0.3, -0.25) is 4.79 Å². The van der Waals surface area contributed by atoms with E-state index in [0.29, 0.717) is 18.7 Å². The number of carbonyl (C=O) groups excluding carboxylic acids is 1. The molecule has 1 aromatic heterocycles. The average Bonchev–Trinajstić information content (AvgIpc) is 2.46. The maximum Gasteiger partial charge on any atom is 0.239 e. The predicted molar refractivity (Wildman–Crippen MR) is 71.4 cm³/mol. The highest BCUT2D eigenvalue weighted by molar-refractivity contribution is 5.81. The van der Waals surface area contributed by atoms with Crippen LogP contribution in [0.3, 0.4) is 0 Å². The van der Waals surface area contributed by atoms with Crippen LogP contribution in [0, 0.1) is 11.3 Å². The van der Waals surface area contributed by atoms with Crippen molar-refractivity contribution in [2.24, 2.45) is 5.73 Å². The van der Waals surface area contributed by atoms with Crippen molar-refractivity contribution in [3.63, 3.8) is 0 Å². The third-order valence-corrected chi connectivity index (χ3v) is 3.18. The van der Waals surface area contributed by atoms with Crippen LogP contribution in [0.25, 0.3) is 0 Å². The second-order valence-corrected chi connectivity index (χ2v) is 4.62. The molecule has 0 saturated carbocycles. The Hall–Kier alpha value is -2.13. The number of anilines is 1. The van der Waals surface area contributed by atoms with Crippen LogP contribution in [0.1, 0.15) is 12.5 Å². The molecule has 0 unspecified atom stereocenters. The van der Waals surface area contributed by atoms with Crippen molar-refractivity contribution >= 4 is 11.7 Å². The summed E-state index contributed by atoms with van der Waals surface area (Å²) in [5.41, 5.74) is 6.15. The second-order valence-electron chi connectivity index (χ2n) is 4.62. The van der Waals surface area contributed by atoms with E-state index < -0.39 is 6.04 Å². The Labute approximate surface area is 112 Å². The number of hydrogen-bond acceptors (Lipinski definition) is 5. The van der Waals surface area contributed by atoms with Gasteiger partial charge >= 0.3 is 0 Å². The van der Waals surface area contributed by atoms with Gasteiger partial charge in [0.05, 0.1) is 11.6 Å². The van der Waals surface area contributed by atoms with Gasteiger partial charge in [0.25, 0.3) is 0 Å². The van der Waals surface area contributed by atoms with E-state index in [2.05, 4.69) is 9.88 Å². The lowest BCUT2D eigenvalue weighted by molar-refractivity contribution is -0.132. The molecule has 1 amide bonds. The average molecular weight is 259 g/mol. The molecular weight excluding hydrogens is 242 g/mol. The Bertz CT molecular complexity index is 483. The topological polar surface area (TPSA) is 86.3 Å². The van der Waals surface area contributed by atoms with Gasteiger partial charge in [-0.15, -0.1) is 0 Å². The lowest BCUT2D eigenvalue weighted by atomic mass is 10.2. The first-order chi connectivity index (χ1) is 9.11. The summed E-state index contributed by atoms with van der Waals surface area (Å²) in [6.45, 7) is 4.48. The number of hydrogen-bond donors (Lipinski definition) is 1. The lowest BCUT2D eigenvalue weighted by Gasteiger charge is -2.36. The molecule has 1 aliphatic heterocycles. The normalized spacial score (nSPS) is 16.9. The van der Waals surface area contributed by atoms with Crippen molar-refractivity contribution in [1.82, 2.24) is 9.88 Å². The monoisotopic (exact) mass is 259 g/mol. The molecule has 1 aromatic rings. The fraction of sp³-hybridized carbons (Fsp3) is 0.462. The van der Waals surface area contributed by atoms with Gasteiger partial charge in [0.15, 0.2) is 0 Å². The fourth-order valence-corrected chi connectivity index (χ4v) is 2.08. The first kappa shape index (κ1) is 13.3. The first-order valence-electron chi connectivity index (χ1n) is 6.27. The van der Waals surface area contributed by atoms with E-state index in [1.54, 1.807) is 24.1 Å². The van der Waals surface area contributed by atoms with Gasteiger partial charge in [-0.05, 0) is 19.1 Å². The minimum atomic E-state index is -0.445.